The van der Waals surface area contributed by atoms with Gasteiger partial charge in [0, 0.05) is 19.6 Å². The van der Waals surface area contributed by atoms with Gasteiger partial charge in [0.05, 0.1) is 19.1 Å². The van der Waals surface area contributed by atoms with Gasteiger partial charge < -0.3 is 15.4 Å². The van der Waals surface area contributed by atoms with Crippen LogP contribution >= 0.6 is 0 Å². The molecule has 0 bridgehead atoms. The Bertz CT molecular complexity index is 210. The molecule has 80 valence electrons. The molecule has 0 saturated carbocycles. The SMILES string of the molecule is C=C(C)CNC(=O)CC1CNCCO1. The summed E-state index contributed by atoms with van der Waals surface area (Å²) in [7, 11) is 0. The molecule has 1 aliphatic rings. The Labute approximate surface area is 84.7 Å². The summed E-state index contributed by atoms with van der Waals surface area (Å²) in [4.78, 5) is 11.4. The average molecular weight is 198 g/mol. The maximum Gasteiger partial charge on any atom is 0.222 e. The van der Waals surface area contributed by atoms with Crippen molar-refractivity contribution in [2.24, 2.45) is 0 Å². The van der Waals surface area contributed by atoms with E-state index in [-0.39, 0.29) is 12.0 Å². The molecule has 0 spiro atoms. The highest BCUT2D eigenvalue weighted by molar-refractivity contribution is 5.76. The lowest BCUT2D eigenvalue weighted by atomic mass is 10.2. The number of amides is 1. The number of ether oxygens (including phenoxy) is 1. The van der Waals surface area contributed by atoms with Crippen molar-refractivity contribution in [3.05, 3.63) is 12.2 Å². The van der Waals surface area contributed by atoms with Crippen LogP contribution in [0, 0.1) is 0 Å². The normalized spacial score (nSPS) is 21.6. The van der Waals surface area contributed by atoms with Crippen molar-refractivity contribution in [2.45, 2.75) is 19.4 Å². The quantitative estimate of drug-likeness (QED) is 0.628. The van der Waals surface area contributed by atoms with E-state index in [4.69, 9.17) is 4.74 Å². The van der Waals surface area contributed by atoms with Crippen LogP contribution in [-0.4, -0.2) is 38.3 Å². The van der Waals surface area contributed by atoms with Crippen LogP contribution in [0.25, 0.3) is 0 Å². The first kappa shape index (κ1) is 11.2. The minimum absolute atomic E-state index is 0.0221. The summed E-state index contributed by atoms with van der Waals surface area (Å²) in [5.41, 5.74) is 0.959. The van der Waals surface area contributed by atoms with Crippen molar-refractivity contribution in [1.29, 1.82) is 0 Å². The van der Waals surface area contributed by atoms with Gasteiger partial charge in [-0.2, -0.15) is 0 Å². The van der Waals surface area contributed by atoms with E-state index in [0.29, 0.717) is 19.6 Å². The lowest BCUT2D eigenvalue weighted by molar-refractivity contribution is -0.124. The molecule has 4 heteroatoms. The summed E-state index contributed by atoms with van der Waals surface area (Å²) in [6.45, 7) is 8.49. The van der Waals surface area contributed by atoms with E-state index < -0.39 is 0 Å². The van der Waals surface area contributed by atoms with Crippen molar-refractivity contribution < 1.29 is 9.53 Å². The second-order valence-corrected chi connectivity index (χ2v) is 3.63. The molecular formula is C10H18N2O2. The van der Waals surface area contributed by atoms with Gasteiger partial charge in [-0.15, -0.1) is 0 Å². The number of carbonyl (C=O) groups excluding carboxylic acids is 1. The monoisotopic (exact) mass is 198 g/mol. The molecule has 1 rings (SSSR count). The molecule has 0 aliphatic carbocycles. The molecule has 1 aliphatic heterocycles. The maximum atomic E-state index is 11.4. The smallest absolute Gasteiger partial charge is 0.222 e. The van der Waals surface area contributed by atoms with Crippen molar-refractivity contribution >= 4 is 5.91 Å². The van der Waals surface area contributed by atoms with E-state index in [2.05, 4.69) is 17.2 Å². The van der Waals surface area contributed by atoms with Crippen molar-refractivity contribution in [3.8, 4) is 0 Å². The Morgan fingerprint density at radius 1 is 1.71 bits per heavy atom. The number of morpholine rings is 1. The molecule has 1 saturated heterocycles. The predicted octanol–water partition coefficient (Wildman–Crippen LogP) is 0.0572. The standard InChI is InChI=1S/C10H18N2O2/c1-8(2)6-12-10(13)5-9-7-11-3-4-14-9/h9,11H,1,3-7H2,2H3,(H,12,13). The third-order valence-corrected chi connectivity index (χ3v) is 2.00. The van der Waals surface area contributed by atoms with Crippen LogP contribution in [0.3, 0.4) is 0 Å². The van der Waals surface area contributed by atoms with Crippen LogP contribution in [0.5, 0.6) is 0 Å². The van der Waals surface area contributed by atoms with Crippen LogP contribution < -0.4 is 10.6 Å². The van der Waals surface area contributed by atoms with Crippen LogP contribution in [0.1, 0.15) is 13.3 Å². The minimum Gasteiger partial charge on any atom is -0.375 e. The number of hydrogen-bond donors (Lipinski definition) is 2. The summed E-state index contributed by atoms with van der Waals surface area (Å²) in [5, 5.41) is 5.97. The molecule has 4 nitrogen and oxygen atoms in total. The Balaban J connectivity index is 2.15. The first-order valence-corrected chi connectivity index (χ1v) is 4.92. The first-order valence-electron chi connectivity index (χ1n) is 4.92. The maximum absolute atomic E-state index is 11.4. The molecule has 1 atom stereocenters. The lowest BCUT2D eigenvalue weighted by Crippen LogP contribution is -2.41. The number of rotatable bonds is 4. The van der Waals surface area contributed by atoms with Crippen molar-refractivity contribution in [2.75, 3.05) is 26.2 Å². The van der Waals surface area contributed by atoms with Gasteiger partial charge in [-0.25, -0.2) is 0 Å². The zero-order valence-electron chi connectivity index (χ0n) is 8.64. The van der Waals surface area contributed by atoms with Gasteiger partial charge in [-0.05, 0) is 6.92 Å². The van der Waals surface area contributed by atoms with E-state index in [9.17, 15) is 4.79 Å². The number of hydrogen-bond acceptors (Lipinski definition) is 3. The van der Waals surface area contributed by atoms with E-state index in [0.717, 1.165) is 18.7 Å². The topological polar surface area (TPSA) is 50.4 Å². The Hall–Kier alpha value is -0.870. The largest absolute Gasteiger partial charge is 0.375 e. The molecule has 1 heterocycles. The van der Waals surface area contributed by atoms with Gasteiger partial charge in [0.15, 0.2) is 0 Å². The Kier molecular flexibility index (Phi) is 4.62. The molecule has 0 aromatic heterocycles. The Morgan fingerprint density at radius 2 is 2.50 bits per heavy atom. The van der Waals surface area contributed by atoms with Crippen molar-refractivity contribution in [3.63, 3.8) is 0 Å². The van der Waals surface area contributed by atoms with Gasteiger partial charge in [-0.1, -0.05) is 12.2 Å². The zero-order valence-corrected chi connectivity index (χ0v) is 8.64. The molecule has 0 radical (unpaired) electrons. The summed E-state index contributed by atoms with van der Waals surface area (Å²) in [5.74, 6) is 0.0294. The van der Waals surface area contributed by atoms with Crippen molar-refractivity contribution in [1.82, 2.24) is 10.6 Å². The second kappa shape index (κ2) is 5.78. The van der Waals surface area contributed by atoms with Gasteiger partial charge in [0.2, 0.25) is 5.91 Å². The predicted molar refractivity (Wildman–Crippen MR) is 55.1 cm³/mol. The zero-order chi connectivity index (χ0) is 10.4. The summed E-state index contributed by atoms with van der Waals surface area (Å²) < 4.78 is 5.41. The lowest BCUT2D eigenvalue weighted by Gasteiger charge is -2.23. The van der Waals surface area contributed by atoms with E-state index in [1.54, 1.807) is 0 Å². The highest BCUT2D eigenvalue weighted by atomic mass is 16.5. The molecule has 0 aromatic rings. The molecule has 2 N–H and O–H groups in total. The fourth-order valence-corrected chi connectivity index (χ4v) is 1.28. The molecular weight excluding hydrogens is 180 g/mol. The van der Waals surface area contributed by atoms with Gasteiger partial charge in [0.1, 0.15) is 0 Å². The van der Waals surface area contributed by atoms with Crippen LogP contribution in [0.2, 0.25) is 0 Å². The minimum atomic E-state index is 0.0221. The summed E-state index contributed by atoms with van der Waals surface area (Å²) in [6, 6.07) is 0. The highest BCUT2D eigenvalue weighted by Crippen LogP contribution is 2.00. The van der Waals surface area contributed by atoms with Gasteiger partial charge in [0.25, 0.3) is 0 Å². The molecule has 1 unspecified atom stereocenters. The fourth-order valence-electron chi connectivity index (χ4n) is 1.28. The van der Waals surface area contributed by atoms with E-state index >= 15 is 0 Å². The second-order valence-electron chi connectivity index (χ2n) is 3.63. The third-order valence-electron chi connectivity index (χ3n) is 2.00. The molecule has 14 heavy (non-hydrogen) atoms. The van der Waals surface area contributed by atoms with Crippen LogP contribution in [-0.2, 0) is 9.53 Å². The molecule has 1 fully saturated rings. The number of carbonyl (C=O) groups is 1. The molecule has 1 amide bonds. The fraction of sp³-hybridized carbons (Fsp3) is 0.700. The third kappa shape index (κ3) is 4.39. The average Bonchev–Trinajstić information content (AvgIpc) is 2.16. The number of nitrogens with one attached hydrogen (secondary N) is 2. The van der Waals surface area contributed by atoms with E-state index in [1.165, 1.54) is 0 Å². The Morgan fingerprint density at radius 3 is 3.07 bits per heavy atom. The van der Waals surface area contributed by atoms with Gasteiger partial charge in [-0.3, -0.25) is 4.79 Å². The summed E-state index contributed by atoms with van der Waals surface area (Å²) in [6.07, 6.45) is 0.453. The highest BCUT2D eigenvalue weighted by Gasteiger charge is 2.16. The van der Waals surface area contributed by atoms with Crippen LogP contribution in [0.15, 0.2) is 12.2 Å². The first-order chi connectivity index (χ1) is 6.68. The van der Waals surface area contributed by atoms with Gasteiger partial charge >= 0.3 is 0 Å². The van der Waals surface area contributed by atoms with Crippen LogP contribution in [0.4, 0.5) is 0 Å². The van der Waals surface area contributed by atoms with E-state index in [1.807, 2.05) is 6.92 Å². The molecule has 0 aromatic carbocycles. The summed E-state index contributed by atoms with van der Waals surface area (Å²) >= 11 is 0.